The monoisotopic (exact) mass is 327 g/mol. The van der Waals surface area contributed by atoms with Crippen molar-refractivity contribution in [3.05, 3.63) is 64.9 Å². The lowest BCUT2D eigenvalue weighted by Crippen LogP contribution is -1.95. The van der Waals surface area contributed by atoms with Gasteiger partial charge in [-0.3, -0.25) is 4.79 Å². The summed E-state index contributed by atoms with van der Waals surface area (Å²) in [5.74, 6) is -1.18. The van der Waals surface area contributed by atoms with E-state index in [0.29, 0.717) is 12.0 Å². The van der Waals surface area contributed by atoms with Gasteiger partial charge in [-0.2, -0.15) is 0 Å². The molecule has 0 fully saturated rings. The molecule has 0 amide bonds. The number of rotatable bonds is 5. The molecule has 3 rings (SSSR count). The Hall–Kier alpha value is -2.53. The highest BCUT2D eigenvalue weighted by Crippen LogP contribution is 2.31. The number of carbonyl (C=O) groups is 1. The van der Waals surface area contributed by atoms with E-state index in [2.05, 4.69) is 4.98 Å². The highest BCUT2D eigenvalue weighted by Gasteiger charge is 2.11. The maximum atomic E-state index is 13.4. The van der Waals surface area contributed by atoms with Gasteiger partial charge in [0.2, 0.25) is 0 Å². The van der Waals surface area contributed by atoms with Gasteiger partial charge in [0.1, 0.15) is 10.8 Å². The molecule has 5 heteroatoms. The molecule has 0 unspecified atom stereocenters. The first kappa shape index (κ1) is 15.4. The van der Waals surface area contributed by atoms with Crippen molar-refractivity contribution in [3.63, 3.8) is 0 Å². The van der Waals surface area contributed by atoms with Crippen molar-refractivity contribution in [2.75, 3.05) is 0 Å². The number of hydrogen-bond acceptors (Lipinski definition) is 3. The largest absolute Gasteiger partial charge is 0.481 e. The van der Waals surface area contributed by atoms with Gasteiger partial charge in [-0.15, -0.1) is 11.3 Å². The lowest BCUT2D eigenvalue weighted by molar-refractivity contribution is -0.136. The molecule has 0 aliphatic rings. The quantitative estimate of drug-likeness (QED) is 0.729. The van der Waals surface area contributed by atoms with Gasteiger partial charge in [0.05, 0.1) is 10.2 Å². The van der Waals surface area contributed by atoms with Crippen LogP contribution in [0.4, 0.5) is 4.39 Å². The Bertz CT molecular complexity index is 852. The van der Waals surface area contributed by atoms with Crippen LogP contribution in [-0.4, -0.2) is 16.1 Å². The zero-order chi connectivity index (χ0) is 16.2. The van der Waals surface area contributed by atoms with Gasteiger partial charge in [0.15, 0.2) is 0 Å². The second-order valence-electron chi connectivity index (χ2n) is 5.11. The van der Waals surface area contributed by atoms with Crippen LogP contribution in [0, 0.1) is 5.82 Å². The Morgan fingerprint density at radius 2 is 2.00 bits per heavy atom. The lowest BCUT2D eigenvalue weighted by atomic mass is 10.1. The van der Waals surface area contributed by atoms with Crippen LogP contribution in [0.15, 0.2) is 48.5 Å². The molecule has 1 N–H and O–H groups in total. The third-order valence-electron chi connectivity index (χ3n) is 3.37. The number of allylic oxidation sites excluding steroid dienone is 1. The molecule has 3 aromatic rings. The van der Waals surface area contributed by atoms with E-state index in [1.54, 1.807) is 12.1 Å². The summed E-state index contributed by atoms with van der Waals surface area (Å²) < 4.78 is 14.4. The average Bonchev–Trinajstić information content (AvgIpc) is 2.95. The van der Waals surface area contributed by atoms with E-state index >= 15 is 0 Å². The molecule has 3 nitrogen and oxygen atoms in total. The van der Waals surface area contributed by atoms with Crippen LogP contribution in [0.5, 0.6) is 0 Å². The van der Waals surface area contributed by atoms with Crippen molar-refractivity contribution in [3.8, 4) is 0 Å². The molecule has 0 radical (unpaired) electrons. The van der Waals surface area contributed by atoms with Gasteiger partial charge >= 0.3 is 5.97 Å². The van der Waals surface area contributed by atoms with Crippen LogP contribution in [0.1, 0.15) is 23.4 Å². The number of para-hydroxylation sites is 1. The fraction of sp³-hybridized carbons (Fsp3) is 0.111. The Labute approximate surface area is 136 Å². The van der Waals surface area contributed by atoms with E-state index in [1.165, 1.54) is 23.5 Å². The molecule has 0 aliphatic heterocycles. The van der Waals surface area contributed by atoms with Crippen LogP contribution >= 0.6 is 11.3 Å². The van der Waals surface area contributed by atoms with E-state index in [0.717, 1.165) is 20.8 Å². The summed E-state index contributed by atoms with van der Waals surface area (Å²) in [4.78, 5) is 15.5. The zero-order valence-electron chi connectivity index (χ0n) is 12.2. The molecule has 0 spiro atoms. The molecule has 0 bridgehead atoms. The van der Waals surface area contributed by atoms with Crippen molar-refractivity contribution in [2.45, 2.75) is 12.8 Å². The number of benzene rings is 2. The summed E-state index contributed by atoms with van der Waals surface area (Å²) in [6, 6.07) is 14.0. The number of fused-ring (bicyclic) bond motifs is 1. The molecule has 2 aromatic carbocycles. The fourth-order valence-corrected chi connectivity index (χ4v) is 3.30. The maximum absolute atomic E-state index is 13.4. The van der Waals surface area contributed by atoms with Crippen LogP contribution in [0.2, 0.25) is 0 Å². The van der Waals surface area contributed by atoms with Gasteiger partial charge in [-0.1, -0.05) is 24.3 Å². The molecule has 0 aliphatic carbocycles. The van der Waals surface area contributed by atoms with Crippen molar-refractivity contribution in [1.82, 2.24) is 4.98 Å². The highest BCUT2D eigenvalue weighted by atomic mass is 32.1. The minimum absolute atomic E-state index is 0.0110. The van der Waals surface area contributed by atoms with E-state index < -0.39 is 5.97 Å². The average molecular weight is 327 g/mol. The van der Waals surface area contributed by atoms with Gasteiger partial charge in [0.25, 0.3) is 0 Å². The summed E-state index contributed by atoms with van der Waals surface area (Å²) >= 11 is 1.51. The van der Waals surface area contributed by atoms with Crippen molar-refractivity contribution < 1.29 is 14.3 Å². The number of halogens is 1. The maximum Gasteiger partial charge on any atom is 0.303 e. The molecule has 23 heavy (non-hydrogen) atoms. The second kappa shape index (κ2) is 6.71. The first-order valence-electron chi connectivity index (χ1n) is 7.16. The van der Waals surface area contributed by atoms with E-state index in [-0.39, 0.29) is 12.2 Å². The first-order valence-corrected chi connectivity index (χ1v) is 7.97. The number of carboxylic acids is 1. The van der Waals surface area contributed by atoms with Crippen LogP contribution in [0.25, 0.3) is 21.9 Å². The third kappa shape index (κ3) is 3.81. The summed E-state index contributed by atoms with van der Waals surface area (Å²) in [7, 11) is 0. The standard InChI is InChI=1S/C18H14FNO2S/c19-14-5-3-4-12(11-14)10-13(8-9-17(21)22)18-20-15-6-1-2-7-16(15)23-18/h1-7,10-11H,8-9H2,(H,21,22)/b13-10+. The van der Waals surface area contributed by atoms with Crippen LogP contribution in [-0.2, 0) is 4.79 Å². The van der Waals surface area contributed by atoms with Crippen LogP contribution in [0.3, 0.4) is 0 Å². The summed E-state index contributed by atoms with van der Waals surface area (Å²) in [6.45, 7) is 0. The first-order chi connectivity index (χ1) is 11.1. The molecule has 116 valence electrons. The third-order valence-corrected chi connectivity index (χ3v) is 4.48. The van der Waals surface area contributed by atoms with Crippen molar-refractivity contribution >= 4 is 39.2 Å². The molecule has 0 saturated carbocycles. The summed E-state index contributed by atoms with van der Waals surface area (Å²) in [5.41, 5.74) is 2.39. The number of thiazole rings is 1. The molecule has 0 atom stereocenters. The van der Waals surface area contributed by atoms with Gasteiger partial charge in [0, 0.05) is 6.42 Å². The molecule has 1 heterocycles. The van der Waals surface area contributed by atoms with Gasteiger partial charge in [-0.25, -0.2) is 9.37 Å². The molecular formula is C18H14FNO2S. The second-order valence-corrected chi connectivity index (χ2v) is 6.14. The van der Waals surface area contributed by atoms with Crippen molar-refractivity contribution in [1.29, 1.82) is 0 Å². The number of nitrogens with zero attached hydrogens (tertiary/aromatic N) is 1. The number of aromatic nitrogens is 1. The van der Waals surface area contributed by atoms with E-state index in [4.69, 9.17) is 5.11 Å². The predicted molar refractivity (Wildman–Crippen MR) is 90.8 cm³/mol. The normalized spacial score (nSPS) is 11.8. The number of hydrogen-bond donors (Lipinski definition) is 1. The van der Waals surface area contributed by atoms with Gasteiger partial charge in [-0.05, 0) is 47.9 Å². The molecular weight excluding hydrogens is 313 g/mol. The van der Waals surface area contributed by atoms with Crippen LogP contribution < -0.4 is 0 Å². The Morgan fingerprint density at radius 1 is 1.17 bits per heavy atom. The lowest BCUT2D eigenvalue weighted by Gasteiger charge is -2.03. The van der Waals surface area contributed by atoms with Crippen molar-refractivity contribution in [2.24, 2.45) is 0 Å². The van der Waals surface area contributed by atoms with E-state index in [9.17, 15) is 9.18 Å². The van der Waals surface area contributed by atoms with E-state index in [1.807, 2.05) is 30.3 Å². The SMILES string of the molecule is O=C(O)CC/C(=C\c1cccc(F)c1)c1nc2ccccc2s1. The highest BCUT2D eigenvalue weighted by molar-refractivity contribution is 7.19. The Balaban J connectivity index is 2.02. The number of carboxylic acid groups (broad SMARTS) is 1. The topological polar surface area (TPSA) is 50.2 Å². The number of aliphatic carboxylic acids is 1. The minimum atomic E-state index is -0.865. The Morgan fingerprint density at radius 3 is 2.74 bits per heavy atom. The van der Waals surface area contributed by atoms with Gasteiger partial charge < -0.3 is 5.11 Å². The minimum Gasteiger partial charge on any atom is -0.481 e. The Kier molecular flexibility index (Phi) is 4.48. The summed E-state index contributed by atoms with van der Waals surface area (Å²) in [6.07, 6.45) is 2.17. The summed E-state index contributed by atoms with van der Waals surface area (Å²) in [5, 5.41) is 9.73. The predicted octanol–water partition coefficient (Wildman–Crippen LogP) is 4.84. The smallest absolute Gasteiger partial charge is 0.303 e. The fourth-order valence-electron chi connectivity index (χ4n) is 2.29. The molecule has 1 aromatic heterocycles. The zero-order valence-corrected chi connectivity index (χ0v) is 13.0. The molecule has 0 saturated heterocycles.